The number of nitrogens with zero attached hydrogens (tertiary/aromatic N) is 5. The Labute approximate surface area is 196 Å². The van der Waals surface area contributed by atoms with E-state index in [1.165, 1.54) is 6.33 Å². The number of hydrogen-bond donors (Lipinski definition) is 1. The molecule has 172 valence electrons. The Kier molecular flexibility index (Phi) is 5.67. The first-order valence-electron chi connectivity index (χ1n) is 10.1. The lowest BCUT2D eigenvalue weighted by Gasteiger charge is -2.29. The Morgan fingerprint density at radius 2 is 1.91 bits per heavy atom. The SMILES string of the molecule is FC(F)(F)c1nc2c(-c3nc[nH]n3)cc(N3CCOCC3)cc2n1Cc1cccc(Cl)c1Cl. The van der Waals surface area contributed by atoms with Crippen molar-refractivity contribution in [2.45, 2.75) is 12.7 Å². The number of hydrogen-bond acceptors (Lipinski definition) is 5. The predicted molar refractivity (Wildman–Crippen MR) is 119 cm³/mol. The van der Waals surface area contributed by atoms with Crippen LogP contribution in [-0.4, -0.2) is 51.0 Å². The van der Waals surface area contributed by atoms with E-state index in [1.54, 1.807) is 30.3 Å². The number of rotatable bonds is 4. The topological polar surface area (TPSA) is 71.9 Å². The summed E-state index contributed by atoms with van der Waals surface area (Å²) in [6, 6.07) is 8.34. The molecule has 0 spiro atoms. The van der Waals surface area contributed by atoms with Crippen molar-refractivity contribution in [3.8, 4) is 11.4 Å². The molecule has 0 amide bonds. The molecule has 3 heterocycles. The van der Waals surface area contributed by atoms with Crippen LogP contribution in [0.3, 0.4) is 0 Å². The number of alkyl halides is 3. The van der Waals surface area contributed by atoms with Crippen molar-refractivity contribution in [1.29, 1.82) is 0 Å². The van der Waals surface area contributed by atoms with E-state index in [0.29, 0.717) is 42.9 Å². The number of fused-ring (bicyclic) bond motifs is 1. The van der Waals surface area contributed by atoms with Crippen LogP contribution in [0.4, 0.5) is 18.9 Å². The molecular weight excluding hydrogens is 480 g/mol. The van der Waals surface area contributed by atoms with E-state index < -0.39 is 12.0 Å². The van der Waals surface area contributed by atoms with Crippen molar-refractivity contribution in [3.05, 3.63) is 58.1 Å². The minimum absolute atomic E-state index is 0.150. The zero-order valence-corrected chi connectivity index (χ0v) is 18.5. The van der Waals surface area contributed by atoms with Crippen LogP contribution in [0.15, 0.2) is 36.7 Å². The van der Waals surface area contributed by atoms with Gasteiger partial charge in [-0.3, -0.25) is 5.10 Å². The van der Waals surface area contributed by atoms with Gasteiger partial charge in [0.1, 0.15) is 11.8 Å². The van der Waals surface area contributed by atoms with Crippen molar-refractivity contribution in [2.24, 2.45) is 0 Å². The molecule has 0 radical (unpaired) electrons. The van der Waals surface area contributed by atoms with Crippen LogP contribution in [-0.2, 0) is 17.5 Å². The molecule has 4 aromatic rings. The molecule has 1 N–H and O–H groups in total. The summed E-state index contributed by atoms with van der Waals surface area (Å²) in [5.41, 5.74) is 2.03. The standard InChI is InChI=1S/C21H17Cl2F3N6O/c22-15-3-1-2-12(17(15)23)10-32-16-9-13(31-4-6-33-7-5-31)8-14(19-27-11-28-30-19)18(16)29-20(32)21(24,25)26/h1-3,8-9,11H,4-7,10H2,(H,27,28,30). The highest BCUT2D eigenvalue weighted by molar-refractivity contribution is 6.42. The van der Waals surface area contributed by atoms with Crippen molar-refractivity contribution in [2.75, 3.05) is 31.2 Å². The molecule has 7 nitrogen and oxygen atoms in total. The number of nitrogens with one attached hydrogen (secondary N) is 1. The summed E-state index contributed by atoms with van der Waals surface area (Å²) in [4.78, 5) is 10.2. The molecule has 0 saturated carbocycles. The second-order valence-corrected chi connectivity index (χ2v) is 8.30. The second-order valence-electron chi connectivity index (χ2n) is 7.52. The van der Waals surface area contributed by atoms with E-state index in [2.05, 4.69) is 25.1 Å². The molecule has 12 heteroatoms. The average molecular weight is 497 g/mol. The molecule has 0 unspecified atom stereocenters. The number of H-pyrrole nitrogens is 1. The van der Waals surface area contributed by atoms with E-state index in [4.69, 9.17) is 27.9 Å². The lowest BCUT2D eigenvalue weighted by molar-refractivity contribution is -0.146. The Morgan fingerprint density at radius 1 is 1.12 bits per heavy atom. The maximum absolute atomic E-state index is 14.1. The lowest BCUT2D eigenvalue weighted by Crippen LogP contribution is -2.36. The molecular formula is C21H17Cl2F3N6O. The van der Waals surface area contributed by atoms with Gasteiger partial charge in [-0.25, -0.2) is 9.97 Å². The molecule has 2 aromatic carbocycles. The Hall–Kier alpha value is -2.82. The first kappa shape index (κ1) is 22.0. The van der Waals surface area contributed by atoms with E-state index in [1.807, 2.05) is 0 Å². The summed E-state index contributed by atoms with van der Waals surface area (Å²) in [6.45, 7) is 2.11. The van der Waals surface area contributed by atoms with Gasteiger partial charge in [-0.2, -0.15) is 18.3 Å². The lowest BCUT2D eigenvalue weighted by atomic mass is 10.1. The van der Waals surface area contributed by atoms with E-state index in [-0.39, 0.29) is 27.9 Å². The minimum Gasteiger partial charge on any atom is -0.378 e. The van der Waals surface area contributed by atoms with Crippen molar-refractivity contribution in [1.82, 2.24) is 24.7 Å². The maximum Gasteiger partial charge on any atom is 0.449 e. The summed E-state index contributed by atoms with van der Waals surface area (Å²) in [6.07, 6.45) is -3.32. The van der Waals surface area contributed by atoms with E-state index in [9.17, 15) is 13.2 Å². The highest BCUT2D eigenvalue weighted by Crippen LogP contribution is 2.38. The van der Waals surface area contributed by atoms with E-state index in [0.717, 1.165) is 10.3 Å². The molecule has 2 aromatic heterocycles. The van der Waals surface area contributed by atoms with Gasteiger partial charge in [0.05, 0.1) is 40.9 Å². The van der Waals surface area contributed by atoms with Gasteiger partial charge < -0.3 is 14.2 Å². The molecule has 0 bridgehead atoms. The number of halogens is 5. The molecule has 1 saturated heterocycles. The van der Waals surface area contributed by atoms with Crippen LogP contribution in [0.1, 0.15) is 11.4 Å². The minimum atomic E-state index is -4.69. The van der Waals surface area contributed by atoms with Crippen molar-refractivity contribution < 1.29 is 17.9 Å². The second kappa shape index (κ2) is 8.51. The summed E-state index contributed by atoms with van der Waals surface area (Å²) >= 11 is 12.4. The normalized spacial score (nSPS) is 14.9. The fourth-order valence-electron chi connectivity index (χ4n) is 3.94. The van der Waals surface area contributed by atoms with Crippen LogP contribution < -0.4 is 4.90 Å². The molecule has 5 rings (SSSR count). The Morgan fingerprint density at radius 3 is 2.61 bits per heavy atom. The quantitative estimate of drug-likeness (QED) is 0.428. The Balaban J connectivity index is 1.76. The fourth-order valence-corrected chi connectivity index (χ4v) is 4.32. The molecule has 0 atom stereocenters. The van der Waals surface area contributed by atoms with Gasteiger partial charge in [-0.15, -0.1) is 0 Å². The molecule has 1 aliphatic heterocycles. The van der Waals surface area contributed by atoms with Gasteiger partial charge in [-0.05, 0) is 23.8 Å². The number of imidazole rings is 1. The first-order chi connectivity index (χ1) is 15.8. The van der Waals surface area contributed by atoms with Gasteiger partial charge in [0.15, 0.2) is 5.82 Å². The smallest absolute Gasteiger partial charge is 0.378 e. The first-order valence-corrected chi connectivity index (χ1v) is 10.8. The summed E-state index contributed by atoms with van der Waals surface area (Å²) in [5, 5.41) is 7.17. The summed E-state index contributed by atoms with van der Waals surface area (Å²) < 4.78 is 48.8. The largest absolute Gasteiger partial charge is 0.449 e. The highest BCUT2D eigenvalue weighted by Gasteiger charge is 2.38. The molecule has 0 aliphatic carbocycles. The van der Waals surface area contributed by atoms with Crippen LogP contribution in [0.2, 0.25) is 10.0 Å². The monoisotopic (exact) mass is 496 g/mol. The van der Waals surface area contributed by atoms with Crippen LogP contribution in [0.25, 0.3) is 22.4 Å². The number of aromatic nitrogens is 5. The Bertz CT molecular complexity index is 1300. The van der Waals surface area contributed by atoms with Gasteiger partial charge in [-0.1, -0.05) is 35.3 Å². The zero-order valence-electron chi connectivity index (χ0n) is 17.0. The fraction of sp³-hybridized carbons (Fsp3) is 0.286. The van der Waals surface area contributed by atoms with Crippen LogP contribution in [0.5, 0.6) is 0 Å². The van der Waals surface area contributed by atoms with Crippen molar-refractivity contribution in [3.63, 3.8) is 0 Å². The average Bonchev–Trinajstić information content (AvgIpc) is 3.45. The molecule has 33 heavy (non-hydrogen) atoms. The molecule has 1 fully saturated rings. The third-order valence-electron chi connectivity index (χ3n) is 5.48. The number of ether oxygens (including phenoxy) is 1. The molecule has 1 aliphatic rings. The van der Waals surface area contributed by atoms with Gasteiger partial charge in [0.2, 0.25) is 5.82 Å². The summed E-state index contributed by atoms with van der Waals surface area (Å²) in [7, 11) is 0. The number of anilines is 1. The van der Waals surface area contributed by atoms with Crippen LogP contribution >= 0.6 is 23.2 Å². The van der Waals surface area contributed by atoms with E-state index >= 15 is 0 Å². The van der Waals surface area contributed by atoms with Gasteiger partial charge >= 0.3 is 6.18 Å². The summed E-state index contributed by atoms with van der Waals surface area (Å²) in [5.74, 6) is -0.779. The number of benzene rings is 2. The number of morpholine rings is 1. The van der Waals surface area contributed by atoms with Crippen molar-refractivity contribution >= 4 is 39.9 Å². The zero-order chi connectivity index (χ0) is 23.2. The van der Waals surface area contributed by atoms with Crippen LogP contribution in [0, 0.1) is 0 Å². The highest BCUT2D eigenvalue weighted by atomic mass is 35.5. The van der Waals surface area contributed by atoms with Gasteiger partial charge in [0.25, 0.3) is 0 Å². The van der Waals surface area contributed by atoms with Gasteiger partial charge in [0, 0.05) is 18.8 Å². The third-order valence-corrected chi connectivity index (χ3v) is 6.34. The number of aromatic amines is 1. The predicted octanol–water partition coefficient (Wildman–Crippen LogP) is 5.03. The third kappa shape index (κ3) is 4.14. The maximum atomic E-state index is 14.1.